The molecule has 0 aromatic heterocycles. The molecule has 3 nitrogen and oxygen atoms in total. The lowest BCUT2D eigenvalue weighted by Gasteiger charge is -2.36. The molecule has 0 fully saturated rings. The summed E-state index contributed by atoms with van der Waals surface area (Å²) in [5.41, 5.74) is 0. The van der Waals surface area contributed by atoms with Crippen molar-refractivity contribution in [2.24, 2.45) is 0 Å². The van der Waals surface area contributed by atoms with Crippen LogP contribution in [-0.2, 0) is 13.3 Å². The zero-order valence-electron chi connectivity index (χ0n) is 12.8. The van der Waals surface area contributed by atoms with Crippen LogP contribution >= 0.6 is 10.8 Å². The molecular formula is C14H24O3S2Si. The van der Waals surface area contributed by atoms with Crippen LogP contribution < -0.4 is 0 Å². The van der Waals surface area contributed by atoms with Gasteiger partial charge in [-0.2, -0.15) is 0 Å². The van der Waals surface area contributed by atoms with E-state index in [-0.39, 0.29) is 5.04 Å². The fraction of sp³-hybridized carbons (Fsp3) is 0.571. The fourth-order valence-electron chi connectivity index (χ4n) is 1.31. The molecule has 0 aliphatic rings. The summed E-state index contributed by atoms with van der Waals surface area (Å²) in [5, 5.41) is 0.149. The molecule has 6 heteroatoms. The van der Waals surface area contributed by atoms with E-state index in [0.29, 0.717) is 17.3 Å². The first-order chi connectivity index (χ1) is 9.06. The van der Waals surface area contributed by atoms with Crippen LogP contribution in [0, 0.1) is 0 Å². The van der Waals surface area contributed by atoms with Crippen LogP contribution in [0.15, 0.2) is 35.2 Å². The van der Waals surface area contributed by atoms with Gasteiger partial charge >= 0.3 is 0 Å². The minimum absolute atomic E-state index is 0.149. The van der Waals surface area contributed by atoms with Crippen molar-refractivity contribution in [2.75, 3.05) is 12.4 Å². The average Bonchev–Trinajstić information content (AvgIpc) is 2.34. The van der Waals surface area contributed by atoms with Gasteiger partial charge in [0.15, 0.2) is 8.32 Å². The van der Waals surface area contributed by atoms with Crippen molar-refractivity contribution in [2.45, 2.75) is 43.8 Å². The van der Waals surface area contributed by atoms with Crippen LogP contribution in [0.3, 0.4) is 0 Å². The molecule has 0 aliphatic heterocycles. The lowest BCUT2D eigenvalue weighted by atomic mass is 10.2. The molecule has 20 heavy (non-hydrogen) atoms. The number of benzene rings is 1. The molecule has 1 aromatic carbocycles. The summed E-state index contributed by atoms with van der Waals surface area (Å²) >= 11 is 0. The minimum Gasteiger partial charge on any atom is -0.416 e. The predicted octanol–water partition coefficient (Wildman–Crippen LogP) is 4.13. The van der Waals surface area contributed by atoms with Crippen molar-refractivity contribution < 1.29 is 12.8 Å². The van der Waals surface area contributed by atoms with Gasteiger partial charge < -0.3 is 4.43 Å². The van der Waals surface area contributed by atoms with Gasteiger partial charge in [-0.05, 0) is 41.1 Å². The maximum Gasteiger partial charge on any atom is 0.230 e. The van der Waals surface area contributed by atoms with Crippen LogP contribution in [0.1, 0.15) is 20.8 Å². The van der Waals surface area contributed by atoms with Gasteiger partial charge in [-0.3, -0.25) is 0 Å². The van der Waals surface area contributed by atoms with Crippen molar-refractivity contribution in [1.29, 1.82) is 0 Å². The van der Waals surface area contributed by atoms with E-state index in [0.717, 1.165) is 10.8 Å². The Hall–Kier alpha value is -0.303. The van der Waals surface area contributed by atoms with E-state index in [9.17, 15) is 8.42 Å². The molecule has 0 amide bonds. The van der Waals surface area contributed by atoms with Crippen molar-refractivity contribution >= 4 is 28.0 Å². The molecule has 0 saturated carbocycles. The zero-order chi connectivity index (χ0) is 15.4. The van der Waals surface area contributed by atoms with Crippen LogP contribution in [-0.4, -0.2) is 29.1 Å². The molecule has 0 unspecified atom stereocenters. The number of hydrogen-bond acceptors (Lipinski definition) is 4. The predicted molar refractivity (Wildman–Crippen MR) is 89.2 cm³/mol. The highest BCUT2D eigenvalue weighted by Crippen LogP contribution is 2.36. The standard InChI is InChI=1S/C14H24O3S2Si/c1-14(2,3)20(4,5)17-11-12-18-19(15,16)13-9-7-6-8-10-13/h6-10H,11-12H2,1-5H3. The third-order valence-corrected chi connectivity index (χ3v) is 11.7. The van der Waals surface area contributed by atoms with E-state index in [4.69, 9.17) is 4.43 Å². The second-order valence-corrected chi connectivity index (χ2v) is 15.1. The van der Waals surface area contributed by atoms with Gasteiger partial charge in [-0.15, -0.1) is 0 Å². The van der Waals surface area contributed by atoms with E-state index in [1.165, 1.54) is 0 Å². The second kappa shape index (κ2) is 6.64. The molecule has 1 aromatic rings. The summed E-state index contributed by atoms with van der Waals surface area (Å²) in [5.74, 6) is 0.462. The Bertz CT molecular complexity index is 519. The molecule has 0 radical (unpaired) electrons. The quantitative estimate of drug-likeness (QED) is 0.446. The molecule has 0 saturated heterocycles. The summed E-state index contributed by atoms with van der Waals surface area (Å²) < 4.78 is 30.1. The van der Waals surface area contributed by atoms with Gasteiger partial charge in [0.25, 0.3) is 0 Å². The first kappa shape index (κ1) is 17.7. The molecule has 1 rings (SSSR count). The summed E-state index contributed by atoms with van der Waals surface area (Å²) in [7, 11) is -4.10. The van der Waals surface area contributed by atoms with E-state index in [2.05, 4.69) is 33.9 Å². The molecule has 114 valence electrons. The molecule has 0 heterocycles. The number of hydrogen-bond donors (Lipinski definition) is 0. The summed E-state index contributed by atoms with van der Waals surface area (Å²) in [6.45, 7) is 11.3. The zero-order valence-corrected chi connectivity index (χ0v) is 15.5. The van der Waals surface area contributed by atoms with Gasteiger partial charge in [-0.25, -0.2) is 8.42 Å². The monoisotopic (exact) mass is 332 g/mol. The van der Waals surface area contributed by atoms with Crippen LogP contribution in [0.5, 0.6) is 0 Å². The third kappa shape index (κ3) is 4.91. The van der Waals surface area contributed by atoms with E-state index in [1.54, 1.807) is 24.3 Å². The van der Waals surface area contributed by atoms with Crippen molar-refractivity contribution in [3.05, 3.63) is 30.3 Å². The van der Waals surface area contributed by atoms with E-state index >= 15 is 0 Å². The molecule has 0 aliphatic carbocycles. The van der Waals surface area contributed by atoms with E-state index in [1.807, 2.05) is 6.07 Å². The Kier molecular flexibility index (Phi) is 5.89. The van der Waals surface area contributed by atoms with Crippen molar-refractivity contribution in [3.63, 3.8) is 0 Å². The van der Waals surface area contributed by atoms with Crippen molar-refractivity contribution in [3.8, 4) is 0 Å². The highest BCUT2D eigenvalue weighted by Gasteiger charge is 2.36. The van der Waals surface area contributed by atoms with Gasteiger partial charge in [0.05, 0.1) is 4.90 Å². The Morgan fingerprint density at radius 3 is 2.20 bits per heavy atom. The van der Waals surface area contributed by atoms with Gasteiger partial charge in [0.2, 0.25) is 8.87 Å². The normalized spacial score (nSPS) is 13.4. The topological polar surface area (TPSA) is 43.4 Å². The number of rotatable bonds is 6. The van der Waals surface area contributed by atoms with Crippen molar-refractivity contribution in [1.82, 2.24) is 0 Å². The Balaban J connectivity index is 2.50. The first-order valence-electron chi connectivity index (χ1n) is 6.65. The van der Waals surface area contributed by atoms with Crippen LogP contribution in [0.4, 0.5) is 0 Å². The summed E-state index contributed by atoms with van der Waals surface area (Å²) in [6.07, 6.45) is 0. The molecular weight excluding hydrogens is 308 g/mol. The highest BCUT2D eigenvalue weighted by atomic mass is 33.1. The van der Waals surface area contributed by atoms with Crippen LogP contribution in [0.25, 0.3) is 0 Å². The lowest BCUT2D eigenvalue weighted by Crippen LogP contribution is -2.41. The average molecular weight is 333 g/mol. The van der Waals surface area contributed by atoms with E-state index < -0.39 is 17.2 Å². The lowest BCUT2D eigenvalue weighted by molar-refractivity contribution is 0.311. The molecule has 0 bridgehead atoms. The first-order valence-corrected chi connectivity index (χ1v) is 12.5. The van der Waals surface area contributed by atoms with Gasteiger partial charge in [0.1, 0.15) is 0 Å². The summed E-state index contributed by atoms with van der Waals surface area (Å²) in [4.78, 5) is 0.359. The Labute approximate surface area is 127 Å². The summed E-state index contributed by atoms with van der Waals surface area (Å²) in [6, 6.07) is 8.53. The fourth-order valence-corrected chi connectivity index (χ4v) is 5.11. The maximum absolute atomic E-state index is 12.1. The molecule has 0 spiro atoms. The molecule has 0 N–H and O–H groups in total. The highest BCUT2D eigenvalue weighted by molar-refractivity contribution is 8.72. The SMILES string of the molecule is CC(C)(C)[Si](C)(C)OCCSS(=O)(=O)c1ccccc1. The largest absolute Gasteiger partial charge is 0.416 e. The minimum atomic E-state index is -3.26. The van der Waals surface area contributed by atoms with Crippen LogP contribution in [0.2, 0.25) is 18.1 Å². The Morgan fingerprint density at radius 1 is 1.15 bits per heavy atom. The second-order valence-electron chi connectivity index (χ2n) is 6.20. The molecule has 0 atom stereocenters. The maximum atomic E-state index is 12.1. The van der Waals surface area contributed by atoms with Gasteiger partial charge in [0, 0.05) is 12.4 Å². The smallest absolute Gasteiger partial charge is 0.230 e. The Morgan fingerprint density at radius 2 is 1.70 bits per heavy atom. The third-order valence-electron chi connectivity index (χ3n) is 3.62. The van der Waals surface area contributed by atoms with Gasteiger partial charge in [-0.1, -0.05) is 39.0 Å².